The third-order valence-corrected chi connectivity index (χ3v) is 12.7. The van der Waals surface area contributed by atoms with E-state index >= 15 is 26.3 Å². The Labute approximate surface area is 282 Å². The fourth-order valence-corrected chi connectivity index (χ4v) is 8.83. The second-order valence-electron chi connectivity index (χ2n) is 14.7. The first-order valence-electron chi connectivity index (χ1n) is 15.8. The number of allylic oxidation sites excluding steroid dienone is 2. The van der Waals surface area contributed by atoms with Crippen LogP contribution >= 0.6 is 22.7 Å². The zero-order valence-corrected chi connectivity index (χ0v) is 30.4. The van der Waals surface area contributed by atoms with Gasteiger partial charge in [-0.2, -0.15) is 26.3 Å². The van der Waals surface area contributed by atoms with Crippen LogP contribution in [0.3, 0.4) is 0 Å². The van der Waals surface area contributed by atoms with Gasteiger partial charge in [0.1, 0.15) is 0 Å². The van der Waals surface area contributed by atoms with Crippen molar-refractivity contribution in [2.24, 2.45) is 5.92 Å². The Kier molecular flexibility index (Phi) is 8.58. The van der Waals surface area contributed by atoms with E-state index < -0.39 is 28.9 Å². The standard InChI is InChI=1S/C39H42F6S2/c1-20(2)36(10,11)28-18-14-26(15-19-28)34-22(4)30(24(6)47-34)32-31(37(40,41)39(44,45)38(32,42)43)29-21(3)33(46-23(29)5)25-12-16-27(17-13-25)35(7,8)9/h12-20H,1-11H3. The van der Waals surface area contributed by atoms with Crippen LogP contribution in [-0.2, 0) is 10.8 Å². The topological polar surface area (TPSA) is 0 Å². The molecule has 0 spiro atoms. The average Bonchev–Trinajstić information content (AvgIpc) is 3.46. The number of hydrogen-bond acceptors (Lipinski definition) is 2. The van der Waals surface area contributed by atoms with E-state index in [-0.39, 0.29) is 42.8 Å². The minimum atomic E-state index is -5.62. The zero-order valence-electron chi connectivity index (χ0n) is 28.8. The van der Waals surface area contributed by atoms with Gasteiger partial charge in [0.2, 0.25) is 0 Å². The van der Waals surface area contributed by atoms with E-state index in [1.165, 1.54) is 13.8 Å². The highest BCUT2D eigenvalue weighted by atomic mass is 32.1. The van der Waals surface area contributed by atoms with E-state index in [1.807, 2.05) is 48.5 Å². The molecule has 0 saturated carbocycles. The zero-order chi connectivity index (χ0) is 35.2. The summed E-state index contributed by atoms with van der Waals surface area (Å²) < 4.78 is 94.8. The number of alkyl halides is 6. The first-order chi connectivity index (χ1) is 21.5. The molecule has 4 aromatic rings. The van der Waals surface area contributed by atoms with Crippen molar-refractivity contribution in [1.82, 2.24) is 0 Å². The number of halogens is 6. The third kappa shape index (κ3) is 5.33. The number of aryl methyl sites for hydroxylation is 2. The van der Waals surface area contributed by atoms with Gasteiger partial charge in [0, 0.05) is 41.8 Å². The van der Waals surface area contributed by atoms with E-state index in [0.717, 1.165) is 39.4 Å². The van der Waals surface area contributed by atoms with Gasteiger partial charge in [0.15, 0.2) is 0 Å². The number of benzene rings is 2. The SMILES string of the molecule is Cc1sc(-c2ccc(C(C)(C)C)cc2)c(C)c1C1=C(c2c(C)sc(-c3ccc(C(C)(C)C(C)C)cc3)c2C)C(F)(F)C(F)(F)C1(F)F. The Hall–Kier alpha value is -2.84. The largest absolute Gasteiger partial charge is 0.380 e. The van der Waals surface area contributed by atoms with Crippen molar-refractivity contribution in [3.63, 3.8) is 0 Å². The predicted octanol–water partition coefficient (Wildman–Crippen LogP) is 13.4. The van der Waals surface area contributed by atoms with Crippen LogP contribution in [0.2, 0.25) is 0 Å². The lowest BCUT2D eigenvalue weighted by molar-refractivity contribution is -0.254. The van der Waals surface area contributed by atoms with Crippen molar-refractivity contribution in [1.29, 1.82) is 0 Å². The Morgan fingerprint density at radius 3 is 1.21 bits per heavy atom. The summed E-state index contributed by atoms with van der Waals surface area (Å²) in [7, 11) is 0. The normalized spacial score (nSPS) is 17.7. The van der Waals surface area contributed by atoms with E-state index in [9.17, 15) is 0 Å². The molecule has 0 fully saturated rings. The highest BCUT2D eigenvalue weighted by Crippen LogP contribution is 2.67. The van der Waals surface area contributed by atoms with Gasteiger partial charge in [0.25, 0.3) is 0 Å². The van der Waals surface area contributed by atoms with Crippen LogP contribution in [0.1, 0.15) is 91.6 Å². The van der Waals surface area contributed by atoms with Gasteiger partial charge in [-0.05, 0) is 77.8 Å². The van der Waals surface area contributed by atoms with E-state index in [2.05, 4.69) is 48.5 Å². The van der Waals surface area contributed by atoms with Crippen LogP contribution in [0.25, 0.3) is 32.0 Å². The van der Waals surface area contributed by atoms with Gasteiger partial charge >= 0.3 is 17.8 Å². The molecule has 0 unspecified atom stereocenters. The fraction of sp³-hybridized carbons (Fsp3) is 0.436. The maximum atomic E-state index is 16.0. The second kappa shape index (κ2) is 11.4. The molecular weight excluding hydrogens is 647 g/mol. The summed E-state index contributed by atoms with van der Waals surface area (Å²) >= 11 is 2.31. The highest BCUT2D eigenvalue weighted by molar-refractivity contribution is 7.16. The molecule has 1 aliphatic carbocycles. The number of rotatable bonds is 6. The van der Waals surface area contributed by atoms with Crippen LogP contribution in [0.15, 0.2) is 48.5 Å². The van der Waals surface area contributed by atoms with E-state index in [1.54, 1.807) is 13.8 Å². The molecule has 0 saturated heterocycles. The summed E-state index contributed by atoms with van der Waals surface area (Å²) in [5, 5.41) is 0. The maximum Gasteiger partial charge on any atom is 0.380 e. The maximum absolute atomic E-state index is 16.0. The lowest BCUT2D eigenvalue weighted by atomic mass is 9.75. The van der Waals surface area contributed by atoms with Gasteiger partial charge < -0.3 is 0 Å². The van der Waals surface area contributed by atoms with Gasteiger partial charge in [-0.25, -0.2) is 0 Å². The third-order valence-electron chi connectivity index (χ3n) is 10.2. The summed E-state index contributed by atoms with van der Waals surface area (Å²) in [5.74, 6) is -15.5. The summed E-state index contributed by atoms with van der Waals surface area (Å²) in [6.07, 6.45) is 0. The molecule has 8 heteroatoms. The van der Waals surface area contributed by atoms with Crippen molar-refractivity contribution >= 4 is 33.8 Å². The summed E-state index contributed by atoms with van der Waals surface area (Å²) in [5.41, 5.74) is 0.925. The quantitative estimate of drug-likeness (QED) is 0.177. The van der Waals surface area contributed by atoms with Gasteiger partial charge in [-0.3, -0.25) is 0 Å². The predicted molar refractivity (Wildman–Crippen MR) is 187 cm³/mol. The smallest absolute Gasteiger partial charge is 0.194 e. The number of thiophene rings is 2. The molecule has 0 aliphatic heterocycles. The van der Waals surface area contributed by atoms with Gasteiger partial charge in [-0.1, -0.05) is 97.0 Å². The molecule has 0 N–H and O–H groups in total. The molecule has 0 radical (unpaired) electrons. The van der Waals surface area contributed by atoms with Crippen LogP contribution in [0.4, 0.5) is 26.3 Å². The Balaban J connectivity index is 1.74. The Morgan fingerprint density at radius 2 is 0.894 bits per heavy atom. The molecule has 252 valence electrons. The second-order valence-corrected chi connectivity index (χ2v) is 17.2. The molecule has 0 bridgehead atoms. The fourth-order valence-electron chi connectivity index (χ4n) is 6.49. The van der Waals surface area contributed by atoms with Crippen molar-refractivity contribution < 1.29 is 26.3 Å². The van der Waals surface area contributed by atoms with Crippen molar-refractivity contribution in [3.8, 4) is 20.9 Å². The lowest BCUT2D eigenvalue weighted by Crippen LogP contribution is -2.49. The summed E-state index contributed by atoms with van der Waals surface area (Å²) in [6.45, 7) is 20.9. The number of hydrogen-bond donors (Lipinski definition) is 0. The van der Waals surface area contributed by atoms with Crippen molar-refractivity contribution in [2.75, 3.05) is 0 Å². The Morgan fingerprint density at radius 1 is 0.553 bits per heavy atom. The molecule has 0 nitrogen and oxygen atoms in total. The van der Waals surface area contributed by atoms with Crippen LogP contribution in [0, 0.1) is 33.6 Å². The van der Waals surface area contributed by atoms with Gasteiger partial charge in [-0.15, -0.1) is 22.7 Å². The molecule has 0 atom stereocenters. The van der Waals surface area contributed by atoms with Crippen LogP contribution in [0.5, 0.6) is 0 Å². The first kappa shape index (κ1) is 35.5. The minimum absolute atomic E-state index is 0.114. The highest BCUT2D eigenvalue weighted by Gasteiger charge is 2.80. The molecule has 2 heterocycles. The van der Waals surface area contributed by atoms with Crippen LogP contribution < -0.4 is 0 Å². The molecule has 1 aliphatic rings. The molecule has 0 amide bonds. The molecular formula is C39H42F6S2. The lowest BCUT2D eigenvalue weighted by Gasteiger charge is -2.30. The summed E-state index contributed by atoms with van der Waals surface area (Å²) in [6, 6.07) is 15.3. The molecule has 2 aromatic heterocycles. The summed E-state index contributed by atoms with van der Waals surface area (Å²) in [4.78, 5) is 1.74. The molecule has 5 rings (SSSR count). The molecule has 47 heavy (non-hydrogen) atoms. The van der Waals surface area contributed by atoms with Gasteiger partial charge in [0.05, 0.1) is 0 Å². The van der Waals surface area contributed by atoms with Crippen molar-refractivity contribution in [3.05, 3.63) is 91.7 Å². The molecule has 2 aromatic carbocycles. The van der Waals surface area contributed by atoms with E-state index in [4.69, 9.17) is 0 Å². The van der Waals surface area contributed by atoms with Crippen LogP contribution in [-0.4, -0.2) is 17.8 Å². The van der Waals surface area contributed by atoms with E-state index in [0.29, 0.717) is 21.2 Å². The first-order valence-corrected chi connectivity index (χ1v) is 17.4. The van der Waals surface area contributed by atoms with Crippen molar-refractivity contribution in [2.45, 2.75) is 105 Å². The minimum Gasteiger partial charge on any atom is -0.194 e. The average molecular weight is 689 g/mol. The monoisotopic (exact) mass is 688 g/mol. The Bertz CT molecular complexity index is 1860.